The van der Waals surface area contributed by atoms with Crippen molar-refractivity contribution >= 4 is 0 Å². The third kappa shape index (κ3) is 3.35. The van der Waals surface area contributed by atoms with E-state index in [0.29, 0.717) is 12.1 Å². The minimum atomic E-state index is 0.272. The van der Waals surface area contributed by atoms with Gasteiger partial charge in [0.1, 0.15) is 0 Å². The maximum absolute atomic E-state index is 9.46. The first kappa shape index (κ1) is 15.8. The van der Waals surface area contributed by atoms with E-state index in [9.17, 15) is 5.26 Å². The molecular weight excluding hydrogens is 246 g/mol. The monoisotopic (exact) mass is 277 g/mol. The lowest BCUT2D eigenvalue weighted by molar-refractivity contribution is 0.111. The molecule has 0 bridgehead atoms. The van der Waals surface area contributed by atoms with Crippen LogP contribution in [0.3, 0.4) is 0 Å². The highest BCUT2D eigenvalue weighted by Crippen LogP contribution is 2.35. The summed E-state index contributed by atoms with van der Waals surface area (Å²) < 4.78 is 0. The average molecular weight is 277 g/mol. The predicted octanol–water partition coefficient (Wildman–Crippen LogP) is 3.12. The smallest absolute Gasteiger partial charge is 0.0672 e. The Labute approximate surface area is 124 Å². The maximum atomic E-state index is 9.46. The van der Waals surface area contributed by atoms with Crippen molar-refractivity contribution in [3.8, 4) is 6.07 Å². The summed E-state index contributed by atoms with van der Waals surface area (Å²) in [6.07, 6.45) is 6.19. The largest absolute Gasteiger partial charge is 0.300 e. The van der Waals surface area contributed by atoms with E-state index in [0.717, 1.165) is 25.4 Å². The molecule has 0 amide bonds. The predicted molar refractivity (Wildman–Crippen MR) is 83.4 cm³/mol. The maximum Gasteiger partial charge on any atom is 0.0672 e. The Morgan fingerprint density at radius 2 is 1.90 bits per heavy atom. The highest BCUT2D eigenvalue weighted by molar-refractivity contribution is 5.00. The molecule has 0 spiro atoms. The number of nitriles is 1. The minimum absolute atomic E-state index is 0.272. The van der Waals surface area contributed by atoms with Gasteiger partial charge in [-0.05, 0) is 44.7 Å². The van der Waals surface area contributed by atoms with Gasteiger partial charge < -0.3 is 0 Å². The summed E-state index contributed by atoms with van der Waals surface area (Å²) in [6, 6.07) is 3.83. The fourth-order valence-electron chi connectivity index (χ4n) is 4.26. The number of nitrogens with zero attached hydrogens (tertiary/aromatic N) is 3. The molecule has 1 aliphatic heterocycles. The summed E-state index contributed by atoms with van der Waals surface area (Å²) in [5, 5.41) is 9.46. The number of hydrogen-bond acceptors (Lipinski definition) is 3. The van der Waals surface area contributed by atoms with Crippen LogP contribution in [0, 0.1) is 23.2 Å². The Kier molecular flexibility index (Phi) is 5.86. The lowest BCUT2D eigenvalue weighted by atomic mass is 9.77. The van der Waals surface area contributed by atoms with E-state index >= 15 is 0 Å². The van der Waals surface area contributed by atoms with Gasteiger partial charge in [-0.1, -0.05) is 27.2 Å². The van der Waals surface area contributed by atoms with Gasteiger partial charge in [0.05, 0.1) is 12.0 Å². The molecule has 3 nitrogen and oxygen atoms in total. The molecule has 2 fully saturated rings. The van der Waals surface area contributed by atoms with Gasteiger partial charge >= 0.3 is 0 Å². The average Bonchev–Trinajstić information content (AvgIpc) is 2.97. The molecule has 1 aliphatic carbocycles. The van der Waals surface area contributed by atoms with E-state index in [4.69, 9.17) is 0 Å². The third-order valence-electron chi connectivity index (χ3n) is 5.66. The fraction of sp³-hybridized carbons (Fsp3) is 0.941. The van der Waals surface area contributed by atoms with Crippen LogP contribution in [0.25, 0.3) is 0 Å². The van der Waals surface area contributed by atoms with Crippen molar-refractivity contribution in [3.05, 3.63) is 0 Å². The summed E-state index contributed by atoms with van der Waals surface area (Å²) in [4.78, 5) is 5.22. The normalized spacial score (nSPS) is 35.4. The quantitative estimate of drug-likeness (QED) is 0.773. The first-order chi connectivity index (χ1) is 9.73. The van der Waals surface area contributed by atoms with Gasteiger partial charge in [-0.2, -0.15) is 5.26 Å². The second-order valence-corrected chi connectivity index (χ2v) is 6.55. The van der Waals surface area contributed by atoms with Gasteiger partial charge in [-0.25, -0.2) is 0 Å². The lowest BCUT2D eigenvalue weighted by Gasteiger charge is -2.38. The van der Waals surface area contributed by atoms with Gasteiger partial charge in [0.25, 0.3) is 0 Å². The summed E-state index contributed by atoms with van der Waals surface area (Å²) >= 11 is 0. The van der Waals surface area contributed by atoms with E-state index < -0.39 is 0 Å². The van der Waals surface area contributed by atoms with Crippen molar-refractivity contribution in [1.82, 2.24) is 9.80 Å². The van der Waals surface area contributed by atoms with E-state index in [-0.39, 0.29) is 5.92 Å². The van der Waals surface area contributed by atoms with Gasteiger partial charge in [0.2, 0.25) is 0 Å². The van der Waals surface area contributed by atoms with Crippen LogP contribution in [-0.2, 0) is 0 Å². The van der Waals surface area contributed by atoms with Crippen molar-refractivity contribution in [3.63, 3.8) is 0 Å². The molecule has 2 rings (SSSR count). The summed E-state index contributed by atoms with van der Waals surface area (Å²) in [5.74, 6) is 1.12. The van der Waals surface area contributed by atoms with E-state index in [2.05, 4.69) is 36.6 Å². The zero-order valence-corrected chi connectivity index (χ0v) is 13.5. The van der Waals surface area contributed by atoms with Gasteiger partial charge in [0.15, 0.2) is 0 Å². The Morgan fingerprint density at radius 1 is 1.15 bits per heavy atom. The Balaban J connectivity index is 1.97. The van der Waals surface area contributed by atoms with Crippen molar-refractivity contribution in [2.75, 3.05) is 26.2 Å². The van der Waals surface area contributed by atoms with E-state index in [1.807, 2.05) is 0 Å². The summed E-state index contributed by atoms with van der Waals surface area (Å²) in [5.41, 5.74) is 0. The molecule has 1 saturated heterocycles. The summed E-state index contributed by atoms with van der Waals surface area (Å²) in [7, 11) is 0. The molecule has 0 N–H and O–H groups in total. The van der Waals surface area contributed by atoms with Gasteiger partial charge in [-0.15, -0.1) is 0 Å². The van der Waals surface area contributed by atoms with Crippen LogP contribution in [0.4, 0.5) is 0 Å². The molecule has 4 unspecified atom stereocenters. The van der Waals surface area contributed by atoms with Crippen LogP contribution < -0.4 is 0 Å². The zero-order chi connectivity index (χ0) is 14.5. The Morgan fingerprint density at radius 3 is 2.50 bits per heavy atom. The molecule has 1 heterocycles. The first-order valence-corrected chi connectivity index (χ1v) is 8.61. The van der Waals surface area contributed by atoms with E-state index in [1.165, 1.54) is 38.8 Å². The highest BCUT2D eigenvalue weighted by atomic mass is 15.3. The zero-order valence-electron chi connectivity index (χ0n) is 13.5. The van der Waals surface area contributed by atoms with E-state index in [1.54, 1.807) is 0 Å². The Hall–Kier alpha value is -0.590. The topological polar surface area (TPSA) is 30.3 Å². The van der Waals surface area contributed by atoms with Crippen LogP contribution in [0.5, 0.6) is 0 Å². The number of likely N-dealkylation sites (tertiary alicyclic amines) is 1. The molecule has 0 aromatic carbocycles. The molecule has 114 valence electrons. The molecule has 1 saturated carbocycles. The molecular formula is C17H31N3. The molecule has 0 aromatic rings. The summed E-state index contributed by atoms with van der Waals surface area (Å²) in [6.45, 7) is 11.5. The van der Waals surface area contributed by atoms with Crippen molar-refractivity contribution < 1.29 is 0 Å². The highest BCUT2D eigenvalue weighted by Gasteiger charge is 2.38. The third-order valence-corrected chi connectivity index (χ3v) is 5.66. The number of hydrogen-bond donors (Lipinski definition) is 0. The van der Waals surface area contributed by atoms with Gasteiger partial charge in [0, 0.05) is 25.2 Å². The minimum Gasteiger partial charge on any atom is -0.300 e. The SMILES string of the molecule is CCC1CCC(C#N)C(N2CCC(N(CC)CC)C2)C1. The second-order valence-electron chi connectivity index (χ2n) is 6.55. The van der Waals surface area contributed by atoms with Crippen LogP contribution in [0.2, 0.25) is 0 Å². The fourth-order valence-corrected chi connectivity index (χ4v) is 4.26. The first-order valence-electron chi connectivity index (χ1n) is 8.61. The molecule has 0 radical (unpaired) electrons. The van der Waals surface area contributed by atoms with Crippen molar-refractivity contribution in [1.29, 1.82) is 5.26 Å². The van der Waals surface area contributed by atoms with Crippen molar-refractivity contribution in [2.45, 2.75) is 65.0 Å². The van der Waals surface area contributed by atoms with Crippen molar-refractivity contribution in [2.24, 2.45) is 11.8 Å². The van der Waals surface area contributed by atoms with Crippen LogP contribution >= 0.6 is 0 Å². The molecule has 0 aromatic heterocycles. The lowest BCUT2D eigenvalue weighted by Crippen LogP contribution is -2.45. The standard InChI is InChI=1S/C17H31N3/c1-4-14-7-8-15(12-18)17(11-14)20-10-9-16(13-20)19(5-2)6-3/h14-17H,4-11,13H2,1-3H3. The molecule has 3 heteroatoms. The van der Waals surface area contributed by atoms with Crippen LogP contribution in [-0.4, -0.2) is 48.1 Å². The Bertz CT molecular complexity index is 332. The van der Waals surface area contributed by atoms with Crippen LogP contribution in [0.15, 0.2) is 0 Å². The molecule has 20 heavy (non-hydrogen) atoms. The number of likely N-dealkylation sites (N-methyl/N-ethyl adjacent to an activating group) is 1. The number of rotatable bonds is 5. The molecule has 2 aliphatic rings. The molecule has 4 atom stereocenters. The van der Waals surface area contributed by atoms with Crippen LogP contribution in [0.1, 0.15) is 52.9 Å². The van der Waals surface area contributed by atoms with Gasteiger partial charge in [-0.3, -0.25) is 9.80 Å². The second kappa shape index (κ2) is 7.43.